The van der Waals surface area contributed by atoms with Crippen molar-refractivity contribution in [3.8, 4) is 11.5 Å². The van der Waals surface area contributed by atoms with Gasteiger partial charge >= 0.3 is 11.9 Å². The fourth-order valence-electron chi connectivity index (χ4n) is 1.59. The molecule has 6 nitrogen and oxygen atoms in total. The molecule has 0 unspecified atom stereocenters. The zero-order valence-corrected chi connectivity index (χ0v) is 10.6. The Morgan fingerprint density at radius 2 is 1.80 bits per heavy atom. The van der Waals surface area contributed by atoms with Gasteiger partial charge in [-0.15, -0.1) is 0 Å². The molecule has 1 aromatic carbocycles. The molecule has 0 amide bonds. The van der Waals surface area contributed by atoms with Crippen LogP contribution in [0.25, 0.3) is 0 Å². The highest BCUT2D eigenvalue weighted by Crippen LogP contribution is 2.26. The zero-order valence-electron chi connectivity index (χ0n) is 10.6. The first-order valence-electron chi connectivity index (χ1n) is 5.67. The minimum atomic E-state index is -1.25. The number of hydrogen-bond acceptors (Lipinski definition) is 5. The third-order valence-corrected chi connectivity index (χ3v) is 2.50. The molecule has 1 N–H and O–H groups in total. The maximum atomic E-state index is 12.0. The molecule has 0 fully saturated rings. The molecule has 0 saturated carbocycles. The summed E-state index contributed by atoms with van der Waals surface area (Å²) in [6, 6.07) is 9.28. The standard InChI is InChI=1S/C14H11NO5/c1-19-10-6-2-3-7-11(10)20-14(18)12-9(13(16)17)5-4-8-15-12/h2-8H,1H3,(H,16,17). The van der Waals surface area contributed by atoms with Crippen LogP contribution in [0, 0.1) is 0 Å². The number of esters is 1. The Hall–Kier alpha value is -2.89. The number of benzene rings is 1. The van der Waals surface area contributed by atoms with Gasteiger partial charge in [0.25, 0.3) is 0 Å². The number of carbonyl (C=O) groups is 2. The summed E-state index contributed by atoms with van der Waals surface area (Å²) in [5.74, 6) is -1.53. The summed E-state index contributed by atoms with van der Waals surface area (Å²) in [6.45, 7) is 0. The summed E-state index contributed by atoms with van der Waals surface area (Å²) in [5, 5.41) is 9.01. The van der Waals surface area contributed by atoms with E-state index in [1.165, 1.54) is 25.4 Å². The molecule has 1 heterocycles. The topological polar surface area (TPSA) is 85.7 Å². The second-order valence-electron chi connectivity index (χ2n) is 3.75. The molecule has 0 radical (unpaired) electrons. The Balaban J connectivity index is 2.31. The number of ether oxygens (including phenoxy) is 2. The van der Waals surface area contributed by atoms with Crippen LogP contribution in [-0.4, -0.2) is 29.1 Å². The van der Waals surface area contributed by atoms with E-state index in [-0.39, 0.29) is 17.0 Å². The summed E-state index contributed by atoms with van der Waals surface area (Å²) in [5.41, 5.74) is -0.474. The summed E-state index contributed by atoms with van der Waals surface area (Å²) >= 11 is 0. The van der Waals surface area contributed by atoms with Gasteiger partial charge in [-0.1, -0.05) is 12.1 Å². The lowest BCUT2D eigenvalue weighted by atomic mass is 10.2. The van der Waals surface area contributed by atoms with E-state index in [0.29, 0.717) is 5.75 Å². The molecule has 0 aliphatic rings. The number of aromatic nitrogens is 1. The minimum absolute atomic E-state index is 0.196. The summed E-state index contributed by atoms with van der Waals surface area (Å²) in [4.78, 5) is 26.8. The molecule has 0 atom stereocenters. The van der Waals surface area contributed by atoms with Gasteiger partial charge in [-0.2, -0.15) is 0 Å². The van der Waals surface area contributed by atoms with Crippen molar-refractivity contribution >= 4 is 11.9 Å². The molecule has 2 aromatic rings. The lowest BCUT2D eigenvalue weighted by Crippen LogP contribution is -2.16. The Labute approximate surface area is 114 Å². The van der Waals surface area contributed by atoms with Gasteiger partial charge in [-0.05, 0) is 24.3 Å². The number of methoxy groups -OCH3 is 1. The van der Waals surface area contributed by atoms with Crippen LogP contribution in [-0.2, 0) is 0 Å². The molecule has 0 bridgehead atoms. The SMILES string of the molecule is COc1ccccc1OC(=O)c1ncccc1C(=O)O. The third-order valence-electron chi connectivity index (χ3n) is 2.50. The first-order chi connectivity index (χ1) is 9.63. The van der Waals surface area contributed by atoms with Crippen molar-refractivity contribution in [1.29, 1.82) is 0 Å². The van der Waals surface area contributed by atoms with Gasteiger partial charge in [0.1, 0.15) is 0 Å². The van der Waals surface area contributed by atoms with Crippen molar-refractivity contribution in [3.05, 3.63) is 53.9 Å². The highest BCUT2D eigenvalue weighted by atomic mass is 16.6. The number of pyridine rings is 1. The zero-order chi connectivity index (χ0) is 14.5. The lowest BCUT2D eigenvalue weighted by molar-refractivity contribution is 0.0662. The number of carbonyl (C=O) groups excluding carboxylic acids is 1. The number of nitrogens with zero attached hydrogens (tertiary/aromatic N) is 1. The van der Waals surface area contributed by atoms with Crippen molar-refractivity contribution in [2.75, 3.05) is 7.11 Å². The summed E-state index contributed by atoms with van der Waals surface area (Å²) in [7, 11) is 1.44. The number of aromatic carboxylic acids is 1. The quantitative estimate of drug-likeness (QED) is 0.677. The molecular weight excluding hydrogens is 262 g/mol. The molecule has 0 saturated heterocycles. The van der Waals surface area contributed by atoms with E-state index in [0.717, 1.165) is 0 Å². The molecule has 0 aliphatic carbocycles. The maximum absolute atomic E-state index is 12.0. The van der Waals surface area contributed by atoms with Crippen LogP contribution in [0.4, 0.5) is 0 Å². The van der Waals surface area contributed by atoms with E-state index < -0.39 is 11.9 Å². The minimum Gasteiger partial charge on any atom is -0.493 e. The molecule has 2 rings (SSSR count). The molecule has 6 heteroatoms. The van der Waals surface area contributed by atoms with Crippen molar-refractivity contribution in [3.63, 3.8) is 0 Å². The molecule has 102 valence electrons. The van der Waals surface area contributed by atoms with Crippen molar-refractivity contribution in [2.24, 2.45) is 0 Å². The smallest absolute Gasteiger partial charge is 0.363 e. The third kappa shape index (κ3) is 2.74. The maximum Gasteiger partial charge on any atom is 0.363 e. The second-order valence-corrected chi connectivity index (χ2v) is 3.75. The van der Waals surface area contributed by atoms with Crippen molar-refractivity contribution < 1.29 is 24.2 Å². The first kappa shape index (κ1) is 13.5. The Kier molecular flexibility index (Phi) is 3.95. The van der Waals surface area contributed by atoms with Crippen molar-refractivity contribution in [2.45, 2.75) is 0 Å². The van der Waals surface area contributed by atoms with E-state index in [2.05, 4.69) is 4.98 Å². The first-order valence-corrected chi connectivity index (χ1v) is 5.67. The second kappa shape index (κ2) is 5.83. The lowest BCUT2D eigenvalue weighted by Gasteiger charge is -2.09. The van der Waals surface area contributed by atoms with Crippen LogP contribution in [0.5, 0.6) is 11.5 Å². The highest BCUT2D eigenvalue weighted by molar-refractivity contribution is 6.01. The fourth-order valence-corrected chi connectivity index (χ4v) is 1.59. The van der Waals surface area contributed by atoms with E-state index in [1.807, 2.05) is 0 Å². The largest absolute Gasteiger partial charge is 0.493 e. The van der Waals surface area contributed by atoms with Gasteiger partial charge in [-0.25, -0.2) is 14.6 Å². The predicted octanol–water partition coefficient (Wildman–Crippen LogP) is 2.01. The van der Waals surface area contributed by atoms with Crippen LogP contribution < -0.4 is 9.47 Å². The Bertz CT molecular complexity index is 654. The van der Waals surface area contributed by atoms with Crippen LogP contribution in [0.2, 0.25) is 0 Å². The summed E-state index contributed by atoms with van der Waals surface area (Å²) in [6.07, 6.45) is 1.32. The van der Waals surface area contributed by atoms with Crippen LogP contribution in [0.1, 0.15) is 20.8 Å². The average Bonchev–Trinajstić information content (AvgIpc) is 2.47. The van der Waals surface area contributed by atoms with Crippen LogP contribution in [0.3, 0.4) is 0 Å². The van der Waals surface area contributed by atoms with Gasteiger partial charge in [0.15, 0.2) is 17.2 Å². The van der Waals surface area contributed by atoms with Gasteiger partial charge in [0, 0.05) is 6.20 Å². The molecule has 20 heavy (non-hydrogen) atoms. The summed E-state index contributed by atoms with van der Waals surface area (Å²) < 4.78 is 10.2. The average molecular weight is 273 g/mol. The molecule has 0 spiro atoms. The monoisotopic (exact) mass is 273 g/mol. The highest BCUT2D eigenvalue weighted by Gasteiger charge is 2.20. The molecular formula is C14H11NO5. The van der Waals surface area contributed by atoms with E-state index in [9.17, 15) is 9.59 Å². The predicted molar refractivity (Wildman–Crippen MR) is 69.1 cm³/mol. The van der Waals surface area contributed by atoms with Crippen molar-refractivity contribution in [1.82, 2.24) is 4.98 Å². The van der Waals surface area contributed by atoms with Gasteiger partial charge < -0.3 is 14.6 Å². The van der Waals surface area contributed by atoms with Crippen LogP contribution in [0.15, 0.2) is 42.6 Å². The Morgan fingerprint density at radius 1 is 1.10 bits per heavy atom. The molecule has 0 aliphatic heterocycles. The van der Waals surface area contributed by atoms with E-state index in [1.54, 1.807) is 24.3 Å². The van der Waals surface area contributed by atoms with Gasteiger partial charge in [-0.3, -0.25) is 0 Å². The number of carboxylic acid groups (broad SMARTS) is 1. The van der Waals surface area contributed by atoms with E-state index >= 15 is 0 Å². The van der Waals surface area contributed by atoms with Crippen LogP contribution >= 0.6 is 0 Å². The number of para-hydroxylation sites is 2. The number of carboxylic acids is 1. The molecule has 1 aromatic heterocycles. The number of hydrogen-bond donors (Lipinski definition) is 1. The fraction of sp³-hybridized carbons (Fsp3) is 0.0714. The Morgan fingerprint density at radius 3 is 2.45 bits per heavy atom. The normalized spacial score (nSPS) is 9.85. The number of rotatable bonds is 4. The van der Waals surface area contributed by atoms with Gasteiger partial charge in [0.2, 0.25) is 0 Å². The van der Waals surface area contributed by atoms with E-state index in [4.69, 9.17) is 14.6 Å². The van der Waals surface area contributed by atoms with Gasteiger partial charge in [0.05, 0.1) is 12.7 Å².